The van der Waals surface area contributed by atoms with E-state index in [0.29, 0.717) is 49.9 Å². The molecule has 5 aromatic rings. The highest BCUT2D eigenvalue weighted by Gasteiger charge is 2.30. The van der Waals surface area contributed by atoms with Crippen molar-refractivity contribution < 1.29 is 23.0 Å². The molecule has 0 amide bonds. The number of hydrogen-bond acceptors (Lipinski definition) is 9. The van der Waals surface area contributed by atoms with E-state index < -0.39 is 19.7 Å². The van der Waals surface area contributed by atoms with Crippen LogP contribution in [0.25, 0.3) is 21.9 Å². The second kappa shape index (κ2) is 14.3. The molecule has 0 bridgehead atoms. The first-order valence-electron chi connectivity index (χ1n) is 17.5. The normalized spacial score (nSPS) is 17.8. The van der Waals surface area contributed by atoms with Crippen LogP contribution in [0.2, 0.25) is 25.7 Å². The number of nitrogens with zero attached hydrogens (tertiary/aromatic N) is 7. The van der Waals surface area contributed by atoms with Crippen molar-refractivity contribution in [3.8, 4) is 11.6 Å². The average molecular weight is 718 g/mol. The lowest BCUT2D eigenvalue weighted by Crippen LogP contribution is -2.48. The number of halogens is 2. The highest BCUT2D eigenvalue weighted by Crippen LogP contribution is 2.36. The number of pyridine rings is 3. The molecule has 1 fully saturated rings. The molecular weight excluding hydrogens is 673 g/mol. The Hall–Kier alpha value is -4.40. The number of piperidine rings is 1. The minimum absolute atomic E-state index is 0.0637. The molecule has 6 heterocycles. The second-order valence-electron chi connectivity index (χ2n) is 14.9. The Bertz CT molecular complexity index is 2120. The number of benzene rings is 1. The van der Waals surface area contributed by atoms with Crippen LogP contribution in [0.5, 0.6) is 11.6 Å². The molecule has 2 atom stereocenters. The summed E-state index contributed by atoms with van der Waals surface area (Å²) in [6.45, 7) is 12.6. The second-order valence-corrected chi connectivity index (χ2v) is 20.5. The van der Waals surface area contributed by atoms with Crippen molar-refractivity contribution in [2.45, 2.75) is 77.4 Å². The van der Waals surface area contributed by atoms with Gasteiger partial charge in [0.05, 0.1) is 42.1 Å². The summed E-state index contributed by atoms with van der Waals surface area (Å²) in [7, 11) is 0.403. The first-order valence-corrected chi connectivity index (χ1v) is 21.3. The van der Waals surface area contributed by atoms with Gasteiger partial charge in [-0.05, 0) is 49.6 Å². The molecule has 0 spiro atoms. The van der Waals surface area contributed by atoms with Gasteiger partial charge in [-0.3, -0.25) is 9.69 Å². The molecule has 11 nitrogen and oxygen atoms in total. The number of fused-ring (bicyclic) bond motifs is 1. The molecule has 1 aromatic carbocycles. The standard InChI is InChI=1S/C37H45F2N7O4Si/c1-24-22-50-36-33(39)31(38)15-30-34(36)45(24)20-27(35(30)47)19-44(18-25-8-9-40-32(13-25)48-2)28-7-6-10-43(21-28)29-14-26-16-42-46(37(26)41-17-29)23-49-11-12-51(3,4)5/h8-9,13-17,20,24,28H,6-7,10-12,18-19,21-23H2,1-5H3/t24?,28-/m0/s1. The predicted molar refractivity (Wildman–Crippen MR) is 195 cm³/mol. The third-order valence-electron chi connectivity index (χ3n) is 9.90. The Morgan fingerprint density at radius 2 is 1.96 bits per heavy atom. The Kier molecular flexibility index (Phi) is 9.83. The average Bonchev–Trinajstić information content (AvgIpc) is 3.53. The van der Waals surface area contributed by atoms with Crippen LogP contribution in [0.3, 0.4) is 0 Å². The van der Waals surface area contributed by atoms with E-state index in [1.807, 2.05) is 36.0 Å². The van der Waals surface area contributed by atoms with Crippen LogP contribution >= 0.6 is 0 Å². The van der Waals surface area contributed by atoms with Gasteiger partial charge in [-0.25, -0.2) is 19.0 Å². The van der Waals surface area contributed by atoms with Gasteiger partial charge >= 0.3 is 0 Å². The molecule has 51 heavy (non-hydrogen) atoms. The highest BCUT2D eigenvalue weighted by atomic mass is 28.3. The fraction of sp³-hybridized carbons (Fsp3) is 0.459. The number of anilines is 1. The topological polar surface area (TPSA) is 99.8 Å². The lowest BCUT2D eigenvalue weighted by atomic mass is 10.0. The van der Waals surface area contributed by atoms with Crippen molar-refractivity contribution in [3.05, 3.63) is 82.0 Å². The van der Waals surface area contributed by atoms with E-state index in [1.165, 1.54) is 0 Å². The smallest absolute Gasteiger partial charge is 0.213 e. The van der Waals surface area contributed by atoms with Gasteiger partial charge in [-0.1, -0.05) is 19.6 Å². The fourth-order valence-electron chi connectivity index (χ4n) is 7.03. The van der Waals surface area contributed by atoms with Crippen molar-refractivity contribution >= 4 is 35.7 Å². The highest BCUT2D eigenvalue weighted by molar-refractivity contribution is 6.76. The van der Waals surface area contributed by atoms with Gasteiger partial charge in [0, 0.05) is 76.3 Å². The van der Waals surface area contributed by atoms with E-state index in [1.54, 1.807) is 24.2 Å². The summed E-state index contributed by atoms with van der Waals surface area (Å²) in [5.41, 5.74) is 3.24. The molecule has 4 aromatic heterocycles. The third-order valence-corrected chi connectivity index (χ3v) is 11.6. The van der Waals surface area contributed by atoms with Gasteiger partial charge in [0.2, 0.25) is 11.7 Å². The largest absolute Gasteiger partial charge is 0.486 e. The number of methoxy groups -OCH3 is 1. The molecule has 0 radical (unpaired) electrons. The number of hydrogen-bond donors (Lipinski definition) is 0. The lowest BCUT2D eigenvalue weighted by Gasteiger charge is -2.40. The van der Waals surface area contributed by atoms with Crippen molar-refractivity contribution in [2.75, 3.05) is 38.3 Å². The first-order chi connectivity index (χ1) is 24.5. The molecule has 2 aliphatic heterocycles. The van der Waals surface area contributed by atoms with Crippen LogP contribution in [0.15, 0.2) is 53.8 Å². The molecule has 14 heteroatoms. The summed E-state index contributed by atoms with van der Waals surface area (Å²) in [5.74, 6) is -1.87. The fourth-order valence-corrected chi connectivity index (χ4v) is 7.79. The molecular formula is C37H45F2N7O4Si. The summed E-state index contributed by atoms with van der Waals surface area (Å²) < 4.78 is 50.1. The molecule has 1 unspecified atom stereocenters. The SMILES string of the molecule is COc1cc(CN(Cc2cn3c4c(c(F)c(F)cc4c2=O)OCC3C)[C@H]2CCCN(c3cnc4c(cnn4COCC[Si](C)(C)C)c3)C2)ccn1. The summed E-state index contributed by atoms with van der Waals surface area (Å²) >= 11 is 0. The van der Waals surface area contributed by atoms with Crippen LogP contribution in [0.1, 0.15) is 36.9 Å². The van der Waals surface area contributed by atoms with E-state index >= 15 is 0 Å². The van der Waals surface area contributed by atoms with Crippen molar-refractivity contribution in [1.82, 2.24) is 29.2 Å². The van der Waals surface area contributed by atoms with E-state index in [-0.39, 0.29) is 35.3 Å². The molecule has 0 aliphatic carbocycles. The van der Waals surface area contributed by atoms with Gasteiger partial charge in [-0.15, -0.1) is 0 Å². The van der Waals surface area contributed by atoms with Gasteiger partial charge in [0.15, 0.2) is 22.6 Å². The van der Waals surface area contributed by atoms with Crippen molar-refractivity contribution in [1.29, 1.82) is 0 Å². The molecule has 1 saturated heterocycles. The lowest BCUT2D eigenvalue weighted by molar-refractivity contribution is 0.0813. The summed E-state index contributed by atoms with van der Waals surface area (Å²) in [6, 6.07) is 7.97. The Morgan fingerprint density at radius 1 is 1.12 bits per heavy atom. The van der Waals surface area contributed by atoms with Gasteiger partial charge in [0.25, 0.3) is 0 Å². The summed E-state index contributed by atoms with van der Waals surface area (Å²) in [4.78, 5) is 27.7. The van der Waals surface area contributed by atoms with E-state index in [4.69, 9.17) is 19.2 Å². The molecule has 0 saturated carbocycles. The van der Waals surface area contributed by atoms with E-state index in [9.17, 15) is 13.6 Å². The van der Waals surface area contributed by atoms with Crippen LogP contribution in [-0.2, 0) is 24.6 Å². The molecule has 2 aliphatic rings. The van der Waals surface area contributed by atoms with Gasteiger partial charge in [-0.2, -0.15) is 9.49 Å². The minimum Gasteiger partial charge on any atom is -0.486 e. The maximum Gasteiger partial charge on any atom is 0.213 e. The van der Waals surface area contributed by atoms with E-state index in [2.05, 4.69) is 45.6 Å². The van der Waals surface area contributed by atoms with Crippen LogP contribution in [-0.4, -0.2) is 76.7 Å². The maximum atomic E-state index is 14.8. The van der Waals surface area contributed by atoms with Crippen LogP contribution in [0.4, 0.5) is 14.5 Å². The number of rotatable bonds is 12. The molecule has 7 rings (SSSR count). The van der Waals surface area contributed by atoms with Gasteiger partial charge < -0.3 is 23.7 Å². The maximum absolute atomic E-state index is 14.8. The zero-order chi connectivity index (χ0) is 35.9. The molecule has 0 N–H and O–H groups in total. The van der Waals surface area contributed by atoms with Gasteiger partial charge in [0.1, 0.15) is 13.3 Å². The molecule has 270 valence electrons. The summed E-state index contributed by atoms with van der Waals surface area (Å²) in [5, 5.41) is 5.61. The first kappa shape index (κ1) is 35.0. The third kappa shape index (κ3) is 7.35. The summed E-state index contributed by atoms with van der Waals surface area (Å²) in [6.07, 6.45) is 9.10. The predicted octanol–water partition coefficient (Wildman–Crippen LogP) is 6.36. The Morgan fingerprint density at radius 3 is 2.76 bits per heavy atom. The van der Waals surface area contributed by atoms with E-state index in [0.717, 1.165) is 53.8 Å². The zero-order valence-electron chi connectivity index (χ0n) is 29.9. The number of aromatic nitrogens is 5. The van der Waals surface area contributed by atoms with Crippen molar-refractivity contribution in [2.24, 2.45) is 0 Å². The zero-order valence-corrected chi connectivity index (χ0v) is 30.9. The monoisotopic (exact) mass is 717 g/mol. The number of ether oxygens (including phenoxy) is 3. The Labute approximate surface area is 296 Å². The minimum atomic E-state index is -1.18. The van der Waals surface area contributed by atoms with Crippen molar-refractivity contribution in [3.63, 3.8) is 0 Å². The van der Waals surface area contributed by atoms with Crippen LogP contribution < -0.4 is 19.8 Å². The van der Waals surface area contributed by atoms with Crippen LogP contribution in [0, 0.1) is 11.6 Å². The Balaban J connectivity index is 1.17. The quantitative estimate of drug-likeness (QED) is 0.108.